The summed E-state index contributed by atoms with van der Waals surface area (Å²) in [7, 11) is 3.26. The van der Waals surface area contributed by atoms with Crippen LogP contribution in [0.15, 0.2) is 54.6 Å². The van der Waals surface area contributed by atoms with Crippen molar-refractivity contribution in [2.24, 2.45) is 11.8 Å². The van der Waals surface area contributed by atoms with Gasteiger partial charge in [-0.05, 0) is 68.0 Å². The highest BCUT2D eigenvalue weighted by atomic mass is 16.5. The molecule has 0 radical (unpaired) electrons. The number of hydrogen-bond acceptors (Lipinski definition) is 6. The summed E-state index contributed by atoms with van der Waals surface area (Å²) in [6.07, 6.45) is 5.31. The molecule has 2 aliphatic rings. The van der Waals surface area contributed by atoms with E-state index in [1.807, 2.05) is 12.1 Å². The van der Waals surface area contributed by atoms with Crippen molar-refractivity contribution in [2.45, 2.75) is 32.2 Å². The number of carboxylic acid groups (broad SMARTS) is 2. The fourth-order valence-electron chi connectivity index (χ4n) is 4.85. The zero-order valence-corrected chi connectivity index (χ0v) is 20.7. The lowest BCUT2D eigenvalue weighted by molar-refractivity contribution is -0.134. The second-order valence-electron chi connectivity index (χ2n) is 9.08. The first-order valence-corrected chi connectivity index (χ1v) is 12.0. The van der Waals surface area contributed by atoms with E-state index < -0.39 is 11.9 Å². The van der Waals surface area contributed by atoms with Crippen LogP contribution in [-0.2, 0) is 22.6 Å². The van der Waals surface area contributed by atoms with E-state index in [1.54, 1.807) is 14.2 Å². The first-order valence-electron chi connectivity index (χ1n) is 12.0. The standard InChI is InChI=1S/C24H29NO3.C4H4O4/c1-27-22-14-19-13-20(24(26)21(19)15-23(22)28-2)12-17-8-10-25(11-9-17)16-18-6-4-3-5-7-18;5-3(6)1-2-4(7)8/h3-7,14-15,17,20H,8-13,16H2,1-2H3;1-2H,(H,5,6)(H,7,8)/b;2-1+. The number of ether oxygens (including phenoxy) is 2. The molecule has 8 heteroatoms. The van der Waals surface area contributed by atoms with Crippen LogP contribution in [0.2, 0.25) is 0 Å². The maximum atomic E-state index is 12.9. The maximum absolute atomic E-state index is 12.9. The van der Waals surface area contributed by atoms with Gasteiger partial charge in [-0.25, -0.2) is 9.59 Å². The number of ketones is 1. The highest BCUT2D eigenvalue weighted by molar-refractivity contribution is 6.02. The Balaban J connectivity index is 0.000000392. The Morgan fingerprint density at radius 1 is 0.972 bits per heavy atom. The Morgan fingerprint density at radius 2 is 1.56 bits per heavy atom. The van der Waals surface area contributed by atoms with Gasteiger partial charge in [-0.1, -0.05) is 30.3 Å². The number of methoxy groups -OCH3 is 2. The van der Waals surface area contributed by atoms with Gasteiger partial charge >= 0.3 is 11.9 Å². The fraction of sp³-hybridized carbons (Fsp3) is 0.393. The number of fused-ring (bicyclic) bond motifs is 1. The molecule has 1 atom stereocenters. The molecular formula is C28H33NO7. The van der Waals surface area contributed by atoms with Crippen LogP contribution in [-0.4, -0.2) is 60.1 Å². The van der Waals surface area contributed by atoms with Crippen LogP contribution in [0.25, 0.3) is 0 Å². The minimum Gasteiger partial charge on any atom is -0.493 e. The Morgan fingerprint density at radius 3 is 2.11 bits per heavy atom. The zero-order chi connectivity index (χ0) is 26.1. The first kappa shape index (κ1) is 26.9. The molecule has 192 valence electrons. The van der Waals surface area contributed by atoms with Crippen LogP contribution >= 0.6 is 0 Å². The zero-order valence-electron chi connectivity index (χ0n) is 20.7. The smallest absolute Gasteiger partial charge is 0.328 e. The van der Waals surface area contributed by atoms with Crippen LogP contribution in [0.3, 0.4) is 0 Å². The molecule has 2 aromatic rings. The number of carbonyl (C=O) groups is 3. The minimum atomic E-state index is -1.26. The Labute approximate surface area is 211 Å². The van der Waals surface area contributed by atoms with Crippen LogP contribution in [0.1, 0.15) is 40.7 Å². The van der Waals surface area contributed by atoms with Gasteiger partial charge < -0.3 is 19.7 Å². The van der Waals surface area contributed by atoms with Gasteiger partial charge in [0.05, 0.1) is 14.2 Å². The fourth-order valence-corrected chi connectivity index (χ4v) is 4.85. The number of likely N-dealkylation sites (tertiary alicyclic amines) is 1. The van der Waals surface area contributed by atoms with Crippen molar-refractivity contribution in [1.82, 2.24) is 4.90 Å². The van der Waals surface area contributed by atoms with Gasteiger partial charge in [-0.2, -0.15) is 0 Å². The Hall–Kier alpha value is -3.65. The largest absolute Gasteiger partial charge is 0.493 e. The third-order valence-electron chi connectivity index (χ3n) is 6.65. The minimum absolute atomic E-state index is 0.109. The van der Waals surface area contributed by atoms with Crippen molar-refractivity contribution >= 4 is 17.7 Å². The number of carbonyl (C=O) groups excluding carboxylic acids is 1. The second-order valence-corrected chi connectivity index (χ2v) is 9.08. The molecule has 2 N–H and O–H groups in total. The second kappa shape index (κ2) is 12.9. The van der Waals surface area contributed by atoms with Gasteiger partial charge in [0.15, 0.2) is 17.3 Å². The lowest BCUT2D eigenvalue weighted by atomic mass is 9.85. The van der Waals surface area contributed by atoms with E-state index >= 15 is 0 Å². The van der Waals surface area contributed by atoms with Crippen molar-refractivity contribution in [3.05, 3.63) is 71.3 Å². The number of hydrogen-bond donors (Lipinski definition) is 2. The molecule has 1 fully saturated rings. The van der Waals surface area contributed by atoms with Crippen molar-refractivity contribution in [3.63, 3.8) is 0 Å². The molecule has 8 nitrogen and oxygen atoms in total. The van der Waals surface area contributed by atoms with E-state index in [2.05, 4.69) is 35.2 Å². The summed E-state index contributed by atoms with van der Waals surface area (Å²) >= 11 is 0. The number of nitrogens with zero attached hydrogens (tertiary/aromatic N) is 1. The molecule has 0 saturated carbocycles. The van der Waals surface area contributed by atoms with Crippen LogP contribution in [0, 0.1) is 11.8 Å². The van der Waals surface area contributed by atoms with Crippen LogP contribution in [0.5, 0.6) is 11.5 Å². The van der Waals surface area contributed by atoms with E-state index in [0.717, 1.165) is 43.6 Å². The van der Waals surface area contributed by atoms with E-state index in [4.69, 9.17) is 19.7 Å². The average Bonchev–Trinajstić information content (AvgIpc) is 3.18. The molecule has 36 heavy (non-hydrogen) atoms. The summed E-state index contributed by atoms with van der Waals surface area (Å²) in [6.45, 7) is 3.27. The third-order valence-corrected chi connectivity index (χ3v) is 6.65. The molecule has 1 aliphatic heterocycles. The lowest BCUT2D eigenvalue weighted by Crippen LogP contribution is -2.34. The van der Waals surface area contributed by atoms with Crippen molar-refractivity contribution in [2.75, 3.05) is 27.3 Å². The molecule has 1 saturated heterocycles. The van der Waals surface area contributed by atoms with Gasteiger partial charge in [-0.3, -0.25) is 9.69 Å². The summed E-state index contributed by atoms with van der Waals surface area (Å²) in [6, 6.07) is 14.5. The number of rotatable bonds is 8. The quantitative estimate of drug-likeness (QED) is 0.527. The number of aliphatic carboxylic acids is 2. The summed E-state index contributed by atoms with van der Waals surface area (Å²) < 4.78 is 10.8. The van der Waals surface area contributed by atoms with Gasteiger partial charge in [0, 0.05) is 30.2 Å². The lowest BCUT2D eigenvalue weighted by Gasteiger charge is -2.32. The predicted octanol–water partition coefficient (Wildman–Crippen LogP) is 4.07. The van der Waals surface area contributed by atoms with Gasteiger partial charge in [0.1, 0.15) is 0 Å². The number of benzene rings is 2. The molecule has 0 bridgehead atoms. The summed E-state index contributed by atoms with van der Waals surface area (Å²) in [5, 5.41) is 15.6. The van der Waals surface area contributed by atoms with Crippen LogP contribution < -0.4 is 9.47 Å². The molecule has 0 spiro atoms. The van der Waals surface area contributed by atoms with Crippen LogP contribution in [0.4, 0.5) is 0 Å². The normalized spacial score (nSPS) is 17.8. The van der Waals surface area contributed by atoms with Gasteiger partial charge in [-0.15, -0.1) is 0 Å². The topological polar surface area (TPSA) is 113 Å². The van der Waals surface area contributed by atoms with E-state index in [9.17, 15) is 14.4 Å². The maximum Gasteiger partial charge on any atom is 0.328 e. The Kier molecular flexibility index (Phi) is 9.64. The number of carboxylic acids is 2. The van der Waals surface area contributed by atoms with Gasteiger partial charge in [0.2, 0.25) is 0 Å². The molecule has 1 aliphatic carbocycles. The number of Topliss-reactive ketones (excluding diaryl/α,β-unsaturated/α-hetero) is 1. The highest BCUT2D eigenvalue weighted by Gasteiger charge is 2.34. The SMILES string of the molecule is COc1cc2c(cc1OC)C(=O)C(CC1CCN(Cc3ccccc3)CC1)C2.O=C(O)/C=C/C(=O)O. The molecule has 4 rings (SSSR count). The molecule has 1 unspecified atom stereocenters. The van der Waals surface area contributed by atoms with Crippen molar-refractivity contribution in [1.29, 1.82) is 0 Å². The third kappa shape index (κ3) is 7.42. The molecule has 0 amide bonds. The average molecular weight is 496 g/mol. The Bertz CT molecular complexity index is 1070. The first-order chi connectivity index (χ1) is 17.3. The van der Waals surface area contributed by atoms with E-state index in [0.29, 0.717) is 29.6 Å². The molecular weight excluding hydrogens is 462 g/mol. The van der Waals surface area contributed by atoms with E-state index in [1.165, 1.54) is 18.4 Å². The van der Waals surface area contributed by atoms with Gasteiger partial charge in [0.25, 0.3) is 0 Å². The predicted molar refractivity (Wildman–Crippen MR) is 135 cm³/mol. The van der Waals surface area contributed by atoms with Crippen molar-refractivity contribution < 1.29 is 34.1 Å². The number of piperidine rings is 1. The van der Waals surface area contributed by atoms with E-state index in [-0.39, 0.29) is 11.7 Å². The summed E-state index contributed by atoms with van der Waals surface area (Å²) in [5.74, 6) is -0.132. The summed E-state index contributed by atoms with van der Waals surface area (Å²) in [5.41, 5.74) is 3.31. The molecule has 1 heterocycles. The summed E-state index contributed by atoms with van der Waals surface area (Å²) in [4.78, 5) is 34.6. The molecule has 2 aromatic carbocycles. The van der Waals surface area contributed by atoms with Crippen molar-refractivity contribution in [3.8, 4) is 11.5 Å². The monoisotopic (exact) mass is 495 g/mol. The highest BCUT2D eigenvalue weighted by Crippen LogP contribution is 2.39. The molecule has 0 aromatic heterocycles.